The van der Waals surface area contributed by atoms with Crippen molar-refractivity contribution in [2.45, 2.75) is 58.7 Å². The molecule has 2 nitrogen and oxygen atoms in total. The number of hydrogen-bond acceptors (Lipinski definition) is 2. The van der Waals surface area contributed by atoms with Gasteiger partial charge in [0.1, 0.15) is 0 Å². The molecule has 20 heavy (non-hydrogen) atoms. The van der Waals surface area contributed by atoms with Crippen LogP contribution in [0.5, 0.6) is 0 Å². The van der Waals surface area contributed by atoms with Gasteiger partial charge in [-0.15, -0.1) is 0 Å². The van der Waals surface area contributed by atoms with Crippen LogP contribution >= 0.6 is 0 Å². The maximum Gasteiger partial charge on any atom is 0.0713 e. The Morgan fingerprint density at radius 2 is 1.75 bits per heavy atom. The summed E-state index contributed by atoms with van der Waals surface area (Å²) in [7, 11) is 1.74. The lowest BCUT2D eigenvalue weighted by molar-refractivity contribution is 0.185. The summed E-state index contributed by atoms with van der Waals surface area (Å²) in [5.41, 5.74) is 2.62. The highest BCUT2D eigenvalue weighted by Gasteiger charge is 2.26. The Bertz CT molecular complexity index is 385. The third-order valence-electron chi connectivity index (χ3n) is 4.58. The molecule has 1 aromatic carbocycles. The van der Waals surface area contributed by atoms with Crippen molar-refractivity contribution < 1.29 is 4.74 Å². The van der Waals surface area contributed by atoms with Crippen LogP contribution in [0.3, 0.4) is 0 Å². The highest BCUT2D eigenvalue weighted by Crippen LogP contribution is 2.30. The van der Waals surface area contributed by atoms with Crippen LogP contribution in [0.4, 0.5) is 0 Å². The number of nitrogens with one attached hydrogen (secondary N) is 1. The molecule has 1 saturated carbocycles. The Labute approximate surface area is 123 Å². The normalized spacial score (nSPS) is 23.2. The number of rotatable bonds is 6. The molecule has 1 N–H and O–H groups in total. The summed E-state index contributed by atoms with van der Waals surface area (Å²) in [6.07, 6.45) is 5.52. The average molecular weight is 275 g/mol. The third kappa shape index (κ3) is 4.32. The van der Waals surface area contributed by atoms with E-state index < -0.39 is 0 Å². The molecule has 1 fully saturated rings. The van der Waals surface area contributed by atoms with Gasteiger partial charge in [-0.25, -0.2) is 0 Å². The van der Waals surface area contributed by atoms with E-state index in [0.29, 0.717) is 12.6 Å². The molecule has 0 amide bonds. The van der Waals surface area contributed by atoms with Crippen LogP contribution in [0.25, 0.3) is 0 Å². The fraction of sp³-hybridized carbons (Fsp3) is 0.667. The van der Waals surface area contributed by atoms with Gasteiger partial charge in [0, 0.05) is 19.7 Å². The van der Waals surface area contributed by atoms with Crippen molar-refractivity contribution in [2.24, 2.45) is 11.8 Å². The molecule has 0 aliphatic heterocycles. The molecular formula is C18H29NO. The molecule has 1 aliphatic rings. The van der Waals surface area contributed by atoms with Gasteiger partial charge in [0.05, 0.1) is 6.61 Å². The van der Waals surface area contributed by atoms with Crippen LogP contribution in [0, 0.1) is 11.8 Å². The van der Waals surface area contributed by atoms with Crippen LogP contribution in [0.1, 0.15) is 50.7 Å². The van der Waals surface area contributed by atoms with E-state index >= 15 is 0 Å². The summed E-state index contributed by atoms with van der Waals surface area (Å²) in [5.74, 6) is 1.63. The molecule has 0 spiro atoms. The van der Waals surface area contributed by atoms with Crippen LogP contribution in [-0.2, 0) is 17.9 Å². The smallest absolute Gasteiger partial charge is 0.0713 e. The Hall–Kier alpha value is -0.860. The second kappa shape index (κ2) is 7.80. The third-order valence-corrected chi connectivity index (χ3v) is 4.58. The van der Waals surface area contributed by atoms with Crippen LogP contribution in [0.15, 0.2) is 24.3 Å². The van der Waals surface area contributed by atoms with Crippen molar-refractivity contribution in [1.29, 1.82) is 0 Å². The molecule has 2 unspecified atom stereocenters. The van der Waals surface area contributed by atoms with Gasteiger partial charge in [-0.3, -0.25) is 0 Å². The van der Waals surface area contributed by atoms with Crippen LogP contribution in [0.2, 0.25) is 0 Å². The minimum absolute atomic E-state index is 0.697. The molecular weight excluding hydrogens is 246 g/mol. The van der Waals surface area contributed by atoms with Gasteiger partial charge in [-0.05, 0) is 35.8 Å². The monoisotopic (exact) mass is 275 g/mol. The largest absolute Gasteiger partial charge is 0.380 e. The van der Waals surface area contributed by atoms with Crippen molar-refractivity contribution in [3.63, 3.8) is 0 Å². The Balaban J connectivity index is 1.86. The molecule has 0 bridgehead atoms. The second-order valence-corrected chi connectivity index (χ2v) is 6.43. The number of methoxy groups -OCH3 is 1. The lowest BCUT2D eigenvalue weighted by Crippen LogP contribution is -2.40. The topological polar surface area (TPSA) is 21.3 Å². The zero-order valence-corrected chi connectivity index (χ0v) is 13.2. The Morgan fingerprint density at radius 3 is 2.40 bits per heavy atom. The Morgan fingerprint density at radius 1 is 1.10 bits per heavy atom. The van der Waals surface area contributed by atoms with Crippen molar-refractivity contribution in [2.75, 3.05) is 7.11 Å². The SMILES string of the molecule is COCc1ccc(CNC2CCCCC2C(C)C)cc1. The number of ether oxygens (including phenoxy) is 1. The lowest BCUT2D eigenvalue weighted by atomic mass is 9.78. The first-order chi connectivity index (χ1) is 9.70. The maximum atomic E-state index is 5.15. The summed E-state index contributed by atoms with van der Waals surface area (Å²) < 4.78 is 5.15. The van der Waals surface area contributed by atoms with E-state index in [4.69, 9.17) is 4.74 Å². The van der Waals surface area contributed by atoms with Crippen molar-refractivity contribution in [3.05, 3.63) is 35.4 Å². The second-order valence-electron chi connectivity index (χ2n) is 6.43. The van der Waals surface area contributed by atoms with E-state index in [-0.39, 0.29) is 0 Å². The van der Waals surface area contributed by atoms with E-state index in [1.807, 2.05) is 0 Å². The van der Waals surface area contributed by atoms with Crippen molar-refractivity contribution in [1.82, 2.24) is 5.32 Å². The van der Waals surface area contributed by atoms with Gasteiger partial charge in [0.25, 0.3) is 0 Å². The standard InChI is InChI=1S/C18H29NO/c1-14(2)17-6-4-5-7-18(17)19-12-15-8-10-16(11-9-15)13-20-3/h8-11,14,17-19H,4-7,12-13H2,1-3H3. The van der Waals surface area contributed by atoms with Gasteiger partial charge in [-0.1, -0.05) is 51.0 Å². The summed E-state index contributed by atoms with van der Waals surface area (Å²) in [6.45, 7) is 6.42. The summed E-state index contributed by atoms with van der Waals surface area (Å²) >= 11 is 0. The van der Waals surface area contributed by atoms with E-state index in [1.165, 1.54) is 36.8 Å². The highest BCUT2D eigenvalue weighted by molar-refractivity contribution is 5.22. The van der Waals surface area contributed by atoms with Crippen LogP contribution < -0.4 is 5.32 Å². The van der Waals surface area contributed by atoms with Gasteiger partial charge >= 0.3 is 0 Å². The molecule has 0 radical (unpaired) electrons. The molecule has 0 saturated heterocycles. The summed E-state index contributed by atoms with van der Waals surface area (Å²) in [5, 5.41) is 3.79. The first kappa shape index (κ1) is 15.5. The van der Waals surface area contributed by atoms with Gasteiger partial charge in [-0.2, -0.15) is 0 Å². The highest BCUT2D eigenvalue weighted by atomic mass is 16.5. The zero-order valence-electron chi connectivity index (χ0n) is 13.2. The van der Waals surface area contributed by atoms with E-state index in [9.17, 15) is 0 Å². The number of hydrogen-bond donors (Lipinski definition) is 1. The van der Waals surface area contributed by atoms with Crippen LogP contribution in [-0.4, -0.2) is 13.2 Å². The van der Waals surface area contributed by atoms with Gasteiger partial charge in [0.2, 0.25) is 0 Å². The van der Waals surface area contributed by atoms with Gasteiger partial charge < -0.3 is 10.1 Å². The molecule has 0 aromatic heterocycles. The molecule has 0 heterocycles. The quantitative estimate of drug-likeness (QED) is 0.842. The Kier molecular flexibility index (Phi) is 6.06. The molecule has 112 valence electrons. The molecule has 2 rings (SSSR count). The molecule has 1 aliphatic carbocycles. The van der Waals surface area contributed by atoms with E-state index in [0.717, 1.165) is 18.4 Å². The van der Waals surface area contributed by atoms with E-state index in [2.05, 4.69) is 43.4 Å². The predicted molar refractivity (Wildman–Crippen MR) is 84.6 cm³/mol. The minimum Gasteiger partial charge on any atom is -0.380 e. The molecule has 1 aromatic rings. The maximum absolute atomic E-state index is 5.15. The fourth-order valence-corrected chi connectivity index (χ4v) is 3.38. The number of benzene rings is 1. The summed E-state index contributed by atoms with van der Waals surface area (Å²) in [4.78, 5) is 0. The average Bonchev–Trinajstić information content (AvgIpc) is 2.47. The first-order valence-corrected chi connectivity index (χ1v) is 8.01. The van der Waals surface area contributed by atoms with Crippen molar-refractivity contribution >= 4 is 0 Å². The minimum atomic E-state index is 0.697. The molecule has 2 atom stereocenters. The fourth-order valence-electron chi connectivity index (χ4n) is 3.38. The van der Waals surface area contributed by atoms with Gasteiger partial charge in [0.15, 0.2) is 0 Å². The van der Waals surface area contributed by atoms with Crippen molar-refractivity contribution in [3.8, 4) is 0 Å². The first-order valence-electron chi connectivity index (χ1n) is 8.01. The predicted octanol–water partition coefficient (Wildman–Crippen LogP) is 4.14. The molecule has 2 heteroatoms. The zero-order chi connectivity index (χ0) is 14.4. The van der Waals surface area contributed by atoms with E-state index in [1.54, 1.807) is 7.11 Å². The lowest BCUT2D eigenvalue weighted by Gasteiger charge is -2.35. The summed E-state index contributed by atoms with van der Waals surface area (Å²) in [6, 6.07) is 9.47.